The fourth-order valence-electron chi connectivity index (χ4n) is 4.63. The molecule has 3 rings (SSSR count). The Morgan fingerprint density at radius 2 is 1.67 bits per heavy atom. The van der Waals surface area contributed by atoms with Crippen LogP contribution in [0.25, 0.3) is 0 Å². The van der Waals surface area contributed by atoms with Gasteiger partial charge in [0.2, 0.25) is 0 Å². The maximum absolute atomic E-state index is 12.3. The Kier molecular flexibility index (Phi) is 2.53. The van der Waals surface area contributed by atoms with Crippen molar-refractivity contribution >= 4 is 14.1 Å². The van der Waals surface area contributed by atoms with Gasteiger partial charge in [-0.25, -0.2) is 0 Å². The average molecular weight is 263 g/mol. The highest BCUT2D eigenvalue weighted by atomic mass is 28.4. The predicted molar refractivity (Wildman–Crippen MR) is 70.2 cm³/mol. The highest BCUT2D eigenvalue weighted by Gasteiger charge is 2.66. The van der Waals surface area contributed by atoms with E-state index >= 15 is 0 Å². The fraction of sp³-hybridized carbons (Fsp3) is 0.857. The molecule has 0 amide bonds. The molecule has 0 aromatic heterocycles. The molecule has 4 unspecified atom stereocenters. The minimum absolute atomic E-state index is 0.116. The Balaban J connectivity index is 2.03. The van der Waals surface area contributed by atoms with Crippen LogP contribution >= 0.6 is 0 Å². The summed E-state index contributed by atoms with van der Waals surface area (Å²) in [7, 11) is -1.77. The minimum Gasteiger partial charge on any atom is -0.399 e. The smallest absolute Gasteiger partial charge is 0.185 e. The molecule has 0 saturated heterocycles. The zero-order valence-electron chi connectivity index (χ0n) is 11.4. The van der Waals surface area contributed by atoms with Crippen LogP contribution in [0.2, 0.25) is 19.6 Å². The maximum Gasteiger partial charge on any atom is 0.185 e. The number of hydrogen-bond donors (Lipinski definition) is 0. The molecule has 4 heteroatoms. The van der Waals surface area contributed by atoms with Crippen LogP contribution in [0, 0.1) is 35.0 Å². The summed E-state index contributed by atoms with van der Waals surface area (Å²) in [5.41, 5.74) is -0.635. The van der Waals surface area contributed by atoms with Crippen molar-refractivity contribution in [2.45, 2.75) is 50.9 Å². The molecule has 3 fully saturated rings. The van der Waals surface area contributed by atoms with E-state index in [-0.39, 0.29) is 23.7 Å². The van der Waals surface area contributed by atoms with E-state index in [1.54, 1.807) is 0 Å². The van der Waals surface area contributed by atoms with Crippen LogP contribution in [-0.2, 0) is 9.22 Å². The Bertz CT molecular complexity index is 412. The lowest BCUT2D eigenvalue weighted by molar-refractivity contribution is -0.136. The van der Waals surface area contributed by atoms with Crippen molar-refractivity contribution in [2.75, 3.05) is 0 Å². The van der Waals surface area contributed by atoms with Crippen molar-refractivity contribution in [3.63, 3.8) is 0 Å². The molecule has 4 atom stereocenters. The van der Waals surface area contributed by atoms with Crippen LogP contribution in [0.3, 0.4) is 0 Å². The van der Waals surface area contributed by atoms with Gasteiger partial charge in [-0.15, -0.1) is 0 Å². The Morgan fingerprint density at radius 1 is 1.17 bits per heavy atom. The summed E-state index contributed by atoms with van der Waals surface area (Å²) in [4.78, 5) is 12.3. The van der Waals surface area contributed by atoms with Gasteiger partial charge in [-0.3, -0.25) is 4.79 Å². The third-order valence-corrected chi connectivity index (χ3v) is 5.98. The number of nitrogens with zero attached hydrogens (tertiary/aromatic N) is 1. The molecule has 3 aliphatic rings. The van der Waals surface area contributed by atoms with Crippen molar-refractivity contribution in [1.29, 1.82) is 5.26 Å². The van der Waals surface area contributed by atoms with Crippen LogP contribution in [0.5, 0.6) is 0 Å². The lowest BCUT2D eigenvalue weighted by atomic mass is 9.68. The zero-order chi connectivity index (χ0) is 13.1. The van der Waals surface area contributed by atoms with Gasteiger partial charge in [-0.05, 0) is 45.3 Å². The summed E-state index contributed by atoms with van der Waals surface area (Å²) >= 11 is 0. The van der Waals surface area contributed by atoms with E-state index in [9.17, 15) is 10.1 Å². The number of nitriles is 1. The van der Waals surface area contributed by atoms with Crippen molar-refractivity contribution in [3.05, 3.63) is 0 Å². The molecule has 0 aromatic rings. The number of fused-ring (bicyclic) bond motifs is 6. The van der Waals surface area contributed by atoms with E-state index < -0.39 is 13.9 Å². The lowest BCUT2D eigenvalue weighted by Crippen LogP contribution is -2.56. The van der Waals surface area contributed by atoms with Crippen molar-refractivity contribution < 1.29 is 9.22 Å². The average Bonchev–Trinajstić information content (AvgIpc) is 2.65. The molecule has 0 N–H and O–H groups in total. The van der Waals surface area contributed by atoms with Crippen LogP contribution < -0.4 is 0 Å². The van der Waals surface area contributed by atoms with Gasteiger partial charge >= 0.3 is 0 Å². The van der Waals surface area contributed by atoms with Gasteiger partial charge in [0.15, 0.2) is 13.9 Å². The number of ketones is 1. The summed E-state index contributed by atoms with van der Waals surface area (Å²) in [6.07, 6.45) is 4.00. The van der Waals surface area contributed by atoms with Crippen LogP contribution in [0.15, 0.2) is 0 Å². The van der Waals surface area contributed by atoms with Crippen LogP contribution in [0.4, 0.5) is 0 Å². The molecule has 98 valence electrons. The van der Waals surface area contributed by atoms with Gasteiger partial charge in [0, 0.05) is 23.7 Å². The Hall–Kier alpha value is -0.663. The number of hydrogen-bond acceptors (Lipinski definition) is 3. The van der Waals surface area contributed by atoms with E-state index in [1.807, 2.05) is 0 Å². The van der Waals surface area contributed by atoms with Gasteiger partial charge in [-0.1, -0.05) is 0 Å². The molecule has 4 bridgehead atoms. The summed E-state index contributed by atoms with van der Waals surface area (Å²) in [5.74, 6) is 1.01. The topological polar surface area (TPSA) is 50.1 Å². The number of carbonyl (C=O) groups is 1. The van der Waals surface area contributed by atoms with Gasteiger partial charge < -0.3 is 4.43 Å². The quantitative estimate of drug-likeness (QED) is 0.720. The minimum atomic E-state index is -1.77. The molecular weight excluding hydrogens is 242 g/mol. The van der Waals surface area contributed by atoms with Crippen molar-refractivity contribution in [2.24, 2.45) is 23.7 Å². The monoisotopic (exact) mass is 263 g/mol. The molecule has 3 saturated carbocycles. The summed E-state index contributed by atoms with van der Waals surface area (Å²) < 4.78 is 6.36. The van der Waals surface area contributed by atoms with Crippen LogP contribution in [0.1, 0.15) is 25.7 Å². The SMILES string of the molecule is C[Si](C)(C)OC1(C#N)C2CCC1C1CCC2C1=O. The first kappa shape index (κ1) is 12.4. The molecule has 18 heavy (non-hydrogen) atoms. The Labute approximate surface area is 110 Å². The van der Waals surface area contributed by atoms with Crippen molar-refractivity contribution in [3.8, 4) is 6.07 Å². The molecule has 3 aliphatic carbocycles. The highest BCUT2D eigenvalue weighted by Crippen LogP contribution is 2.60. The molecule has 3 nitrogen and oxygen atoms in total. The van der Waals surface area contributed by atoms with Crippen LogP contribution in [-0.4, -0.2) is 19.7 Å². The number of carbonyl (C=O) groups excluding carboxylic acids is 1. The predicted octanol–water partition coefficient (Wildman–Crippen LogP) is 2.74. The second-order valence-electron chi connectivity index (χ2n) is 7.10. The maximum atomic E-state index is 12.3. The van der Waals surface area contributed by atoms with E-state index in [0.29, 0.717) is 5.78 Å². The second kappa shape index (κ2) is 3.67. The fourth-order valence-corrected chi connectivity index (χ4v) is 5.99. The molecule has 0 radical (unpaired) electrons. The van der Waals surface area contributed by atoms with Gasteiger partial charge in [0.05, 0.1) is 6.07 Å². The zero-order valence-corrected chi connectivity index (χ0v) is 12.4. The first-order valence-electron chi connectivity index (χ1n) is 7.04. The Morgan fingerprint density at radius 3 is 2.06 bits per heavy atom. The molecule has 0 spiro atoms. The molecule has 0 heterocycles. The van der Waals surface area contributed by atoms with E-state index in [2.05, 4.69) is 25.7 Å². The number of Topliss-reactive ketones (excluding diaryl/α,β-unsaturated/α-hetero) is 1. The second-order valence-corrected chi connectivity index (χ2v) is 11.5. The van der Waals surface area contributed by atoms with E-state index in [1.165, 1.54) is 0 Å². The van der Waals surface area contributed by atoms with Gasteiger partial charge in [0.25, 0.3) is 0 Å². The number of rotatable bonds is 2. The lowest BCUT2D eigenvalue weighted by Gasteiger charge is -2.44. The summed E-state index contributed by atoms with van der Waals surface area (Å²) in [5, 5.41) is 9.77. The first-order valence-corrected chi connectivity index (χ1v) is 10.4. The molecule has 0 aromatic carbocycles. The third kappa shape index (κ3) is 1.47. The first-order chi connectivity index (χ1) is 8.39. The standard InChI is InChI=1S/C14H21NO2Si/c1-18(2,3)17-14(8-15)11-6-7-12(14)10-5-4-9(11)13(10)16/h9-12H,4-7H2,1-3H3. The third-order valence-electron chi connectivity index (χ3n) is 5.03. The van der Waals surface area contributed by atoms with Gasteiger partial charge in [0.1, 0.15) is 5.78 Å². The van der Waals surface area contributed by atoms with E-state index in [4.69, 9.17) is 4.43 Å². The highest BCUT2D eigenvalue weighted by molar-refractivity contribution is 6.69. The molecule has 0 aliphatic heterocycles. The van der Waals surface area contributed by atoms with E-state index in [0.717, 1.165) is 25.7 Å². The van der Waals surface area contributed by atoms with Crippen molar-refractivity contribution in [1.82, 2.24) is 0 Å². The largest absolute Gasteiger partial charge is 0.399 e. The molecular formula is C14H21NO2Si. The summed E-state index contributed by atoms with van der Waals surface area (Å²) in [6, 6.07) is 2.52. The summed E-state index contributed by atoms with van der Waals surface area (Å²) in [6.45, 7) is 6.43. The van der Waals surface area contributed by atoms with Gasteiger partial charge in [-0.2, -0.15) is 5.26 Å². The normalized spacial score (nSPS) is 46.2.